The molecule has 17 heavy (non-hydrogen) atoms. The molecule has 0 heterocycles. The zero-order valence-electron chi connectivity index (χ0n) is 10.8. The maximum absolute atomic E-state index is 11.3. The molecular weight excluding hydrogens is 224 g/mol. The Hall–Kier alpha value is -1.30. The lowest BCUT2D eigenvalue weighted by molar-refractivity contribution is -0.146. The van der Waals surface area contributed by atoms with Gasteiger partial charge < -0.3 is 20.8 Å². The largest absolute Gasteiger partial charge is 0.479 e. The number of aliphatic carboxylic acids is 1. The first kappa shape index (κ1) is 15.7. The molecule has 6 nitrogen and oxygen atoms in total. The minimum Gasteiger partial charge on any atom is -0.479 e. The van der Waals surface area contributed by atoms with Crippen molar-refractivity contribution in [1.29, 1.82) is 0 Å². The van der Waals surface area contributed by atoms with Crippen LogP contribution in [0.5, 0.6) is 0 Å². The summed E-state index contributed by atoms with van der Waals surface area (Å²) in [4.78, 5) is 21.6. The molecule has 4 N–H and O–H groups in total. The molecule has 0 aromatic carbocycles. The molecule has 0 saturated heterocycles. The molecule has 0 aliphatic rings. The lowest BCUT2D eigenvalue weighted by Crippen LogP contribution is -2.44. The van der Waals surface area contributed by atoms with E-state index in [9.17, 15) is 9.59 Å². The minimum absolute atomic E-state index is 0.0911. The van der Waals surface area contributed by atoms with Gasteiger partial charge in [-0.15, -0.1) is 0 Å². The smallest absolute Gasteiger partial charge is 0.334 e. The molecule has 0 aromatic heterocycles. The first-order valence-corrected chi connectivity index (χ1v) is 5.57. The lowest BCUT2D eigenvalue weighted by Gasteiger charge is -2.27. The second kappa shape index (κ2) is 6.44. The predicted octanol–water partition coefficient (Wildman–Crippen LogP) is 0.413. The highest BCUT2D eigenvalue weighted by molar-refractivity contribution is 5.76. The average Bonchev–Trinajstić information content (AvgIpc) is 2.20. The van der Waals surface area contributed by atoms with Gasteiger partial charge in [-0.05, 0) is 11.3 Å². The van der Waals surface area contributed by atoms with E-state index in [1.54, 1.807) is 0 Å². The van der Waals surface area contributed by atoms with E-state index in [0.29, 0.717) is 6.54 Å². The van der Waals surface area contributed by atoms with Crippen LogP contribution in [0.2, 0.25) is 0 Å². The summed E-state index contributed by atoms with van der Waals surface area (Å²) in [6, 6.07) is -0.471. The Bertz CT molecular complexity index is 273. The van der Waals surface area contributed by atoms with Gasteiger partial charge >= 0.3 is 12.0 Å². The van der Waals surface area contributed by atoms with E-state index in [2.05, 4.69) is 31.4 Å². The van der Waals surface area contributed by atoms with Gasteiger partial charge in [-0.1, -0.05) is 27.7 Å². The molecule has 0 aromatic rings. The van der Waals surface area contributed by atoms with Gasteiger partial charge in [0.25, 0.3) is 0 Å². The highest BCUT2D eigenvalue weighted by atomic mass is 16.4. The van der Waals surface area contributed by atoms with Crippen molar-refractivity contribution in [3.05, 3.63) is 0 Å². The second-order valence-electron chi connectivity index (χ2n) is 5.21. The minimum atomic E-state index is -1.57. The Morgan fingerprint density at radius 3 is 2.06 bits per heavy atom. The molecule has 0 aliphatic heterocycles. The molecule has 2 amide bonds. The van der Waals surface area contributed by atoms with Crippen LogP contribution in [0.15, 0.2) is 0 Å². The number of amides is 2. The Labute approximate surface area is 101 Å². The van der Waals surface area contributed by atoms with Gasteiger partial charge in [-0.25, -0.2) is 9.59 Å². The number of aliphatic hydroxyl groups is 1. The van der Waals surface area contributed by atoms with Crippen molar-refractivity contribution in [2.45, 2.75) is 33.8 Å². The summed E-state index contributed by atoms with van der Waals surface area (Å²) < 4.78 is 0. The van der Waals surface area contributed by atoms with Crippen molar-refractivity contribution < 1.29 is 19.8 Å². The van der Waals surface area contributed by atoms with E-state index >= 15 is 0 Å². The Morgan fingerprint density at radius 2 is 1.65 bits per heavy atom. The van der Waals surface area contributed by atoms with Gasteiger partial charge in [-0.3, -0.25) is 0 Å². The number of nitrogens with one attached hydrogen (secondary N) is 2. The Balaban J connectivity index is 3.85. The van der Waals surface area contributed by atoms with E-state index in [4.69, 9.17) is 10.2 Å². The van der Waals surface area contributed by atoms with E-state index in [-0.39, 0.29) is 17.9 Å². The van der Waals surface area contributed by atoms with E-state index in [1.807, 2.05) is 6.92 Å². The molecule has 0 aliphatic carbocycles. The molecule has 1 unspecified atom stereocenters. The van der Waals surface area contributed by atoms with Gasteiger partial charge in [0.2, 0.25) is 0 Å². The Morgan fingerprint density at radius 1 is 1.18 bits per heavy atom. The topological polar surface area (TPSA) is 98.7 Å². The van der Waals surface area contributed by atoms with Crippen LogP contribution in [0.3, 0.4) is 0 Å². The summed E-state index contributed by atoms with van der Waals surface area (Å²) in [5, 5.41) is 22.3. The predicted molar refractivity (Wildman–Crippen MR) is 63.7 cm³/mol. The number of urea groups is 1. The molecule has 0 radical (unpaired) electrons. The summed E-state index contributed by atoms with van der Waals surface area (Å²) >= 11 is 0. The molecule has 100 valence electrons. The second-order valence-corrected chi connectivity index (χ2v) is 5.21. The molecule has 0 spiro atoms. The highest BCUT2D eigenvalue weighted by Crippen LogP contribution is 2.24. The summed E-state index contributed by atoms with van der Waals surface area (Å²) in [6.07, 6.45) is -1.57. The number of aliphatic hydroxyl groups excluding tert-OH is 1. The number of hydrogen-bond acceptors (Lipinski definition) is 3. The molecule has 0 fully saturated rings. The first-order valence-electron chi connectivity index (χ1n) is 5.57. The fourth-order valence-electron chi connectivity index (χ4n) is 0.891. The zero-order valence-corrected chi connectivity index (χ0v) is 10.8. The summed E-state index contributed by atoms with van der Waals surface area (Å²) in [6.45, 7) is 8.44. The zero-order chi connectivity index (χ0) is 13.6. The number of carboxylic acid groups (broad SMARTS) is 1. The third kappa shape index (κ3) is 6.78. The van der Waals surface area contributed by atoms with Crippen molar-refractivity contribution in [1.82, 2.24) is 10.6 Å². The monoisotopic (exact) mass is 246 g/mol. The van der Waals surface area contributed by atoms with Crippen LogP contribution < -0.4 is 10.6 Å². The van der Waals surface area contributed by atoms with Crippen LogP contribution >= 0.6 is 0 Å². The maximum atomic E-state index is 11.3. The van der Waals surface area contributed by atoms with Crippen molar-refractivity contribution in [2.24, 2.45) is 11.3 Å². The van der Waals surface area contributed by atoms with Crippen LogP contribution in [0, 0.1) is 11.3 Å². The summed E-state index contributed by atoms with van der Waals surface area (Å²) in [5.41, 5.74) is 0.0911. The van der Waals surface area contributed by atoms with Crippen LogP contribution in [-0.2, 0) is 4.79 Å². The van der Waals surface area contributed by atoms with Crippen LogP contribution in [0.4, 0.5) is 4.79 Å². The molecule has 0 bridgehead atoms. The van der Waals surface area contributed by atoms with Gasteiger partial charge in [0.1, 0.15) is 0 Å². The van der Waals surface area contributed by atoms with Gasteiger partial charge in [0, 0.05) is 6.54 Å². The molecular formula is C11H22N2O4. The van der Waals surface area contributed by atoms with E-state index in [0.717, 1.165) is 0 Å². The van der Waals surface area contributed by atoms with Crippen molar-refractivity contribution in [3.8, 4) is 0 Å². The van der Waals surface area contributed by atoms with Crippen molar-refractivity contribution in [2.75, 3.05) is 13.1 Å². The van der Waals surface area contributed by atoms with E-state index < -0.39 is 18.1 Å². The number of rotatable bonds is 5. The van der Waals surface area contributed by atoms with Crippen LogP contribution in [0.25, 0.3) is 0 Å². The normalized spacial score (nSPS) is 14.9. The maximum Gasteiger partial charge on any atom is 0.334 e. The number of carbonyl (C=O) groups is 2. The standard InChI is InChI=1S/C11H22N2O4/c1-7(11(2,3)4)5-12-10(17)13-6-8(14)9(15)16/h7-8,14H,5-6H2,1-4H3,(H,15,16)(H2,12,13,17)/t7?,8-/m0/s1. The SMILES string of the molecule is CC(CNC(=O)NC[C@H](O)C(=O)O)C(C)(C)C. The average molecular weight is 246 g/mol. The first-order chi connectivity index (χ1) is 7.64. The summed E-state index contributed by atoms with van der Waals surface area (Å²) in [5.74, 6) is -1.06. The molecule has 0 rings (SSSR count). The van der Waals surface area contributed by atoms with Gasteiger partial charge in [-0.2, -0.15) is 0 Å². The van der Waals surface area contributed by atoms with Gasteiger partial charge in [0.05, 0.1) is 6.54 Å². The Kier molecular flexibility index (Phi) is 5.95. The highest BCUT2D eigenvalue weighted by Gasteiger charge is 2.20. The number of hydrogen-bond donors (Lipinski definition) is 4. The number of carbonyl (C=O) groups excluding carboxylic acids is 1. The van der Waals surface area contributed by atoms with Crippen molar-refractivity contribution >= 4 is 12.0 Å². The number of carboxylic acids is 1. The summed E-state index contributed by atoms with van der Waals surface area (Å²) in [7, 11) is 0. The molecule has 2 atom stereocenters. The third-order valence-corrected chi connectivity index (χ3v) is 2.79. The van der Waals surface area contributed by atoms with E-state index in [1.165, 1.54) is 0 Å². The third-order valence-electron chi connectivity index (χ3n) is 2.79. The molecule has 6 heteroatoms. The van der Waals surface area contributed by atoms with Gasteiger partial charge in [0.15, 0.2) is 6.10 Å². The van der Waals surface area contributed by atoms with Crippen molar-refractivity contribution in [3.63, 3.8) is 0 Å². The van der Waals surface area contributed by atoms with Crippen LogP contribution in [-0.4, -0.2) is 41.4 Å². The fourth-order valence-corrected chi connectivity index (χ4v) is 0.891. The quantitative estimate of drug-likeness (QED) is 0.564. The van der Waals surface area contributed by atoms with Crippen LogP contribution in [0.1, 0.15) is 27.7 Å². The molecule has 0 saturated carbocycles. The fraction of sp³-hybridized carbons (Fsp3) is 0.818. The lowest BCUT2D eigenvalue weighted by atomic mass is 9.82.